The lowest BCUT2D eigenvalue weighted by Gasteiger charge is -2.17. The number of benzene rings is 1. The van der Waals surface area contributed by atoms with Crippen LogP contribution in [0.1, 0.15) is 25.3 Å². The van der Waals surface area contributed by atoms with E-state index in [1.165, 1.54) is 12.8 Å². The van der Waals surface area contributed by atoms with Gasteiger partial charge in [0.15, 0.2) is 6.10 Å². The number of amides is 1. The molecule has 0 spiro atoms. The van der Waals surface area contributed by atoms with Gasteiger partial charge in [-0.25, -0.2) is 4.98 Å². The van der Waals surface area contributed by atoms with Crippen molar-refractivity contribution in [2.75, 3.05) is 18.0 Å². The number of aromatic nitrogens is 1. The molecule has 0 aliphatic carbocycles. The van der Waals surface area contributed by atoms with Gasteiger partial charge in [0, 0.05) is 30.9 Å². The predicted octanol–water partition coefficient (Wildman–Crippen LogP) is 3.42. The van der Waals surface area contributed by atoms with Crippen LogP contribution in [0.25, 0.3) is 0 Å². The van der Waals surface area contributed by atoms with Gasteiger partial charge in [-0.05, 0) is 49.6 Å². The van der Waals surface area contributed by atoms with E-state index in [1.807, 2.05) is 18.3 Å². The highest BCUT2D eigenvalue weighted by molar-refractivity contribution is 6.30. The molecule has 6 heteroatoms. The molecule has 2 aromatic rings. The Morgan fingerprint density at radius 1 is 1.32 bits per heavy atom. The minimum atomic E-state index is -0.602. The molecule has 1 N–H and O–H groups in total. The molecule has 132 valence electrons. The third kappa shape index (κ3) is 4.86. The molecule has 0 radical (unpaired) electrons. The molecule has 1 atom stereocenters. The number of hydrogen-bond donors (Lipinski definition) is 1. The van der Waals surface area contributed by atoms with E-state index in [-0.39, 0.29) is 5.91 Å². The van der Waals surface area contributed by atoms with E-state index in [2.05, 4.69) is 15.2 Å². The van der Waals surface area contributed by atoms with Crippen molar-refractivity contribution in [2.45, 2.75) is 32.4 Å². The number of nitrogens with one attached hydrogen (secondary N) is 1. The van der Waals surface area contributed by atoms with Crippen molar-refractivity contribution in [3.63, 3.8) is 0 Å². The molecule has 2 heterocycles. The highest BCUT2D eigenvalue weighted by Gasteiger charge is 2.15. The molecule has 1 aromatic carbocycles. The van der Waals surface area contributed by atoms with Gasteiger partial charge in [-0.15, -0.1) is 0 Å². The van der Waals surface area contributed by atoms with Gasteiger partial charge in [0.2, 0.25) is 0 Å². The normalized spacial score (nSPS) is 15.0. The molecule has 1 saturated heterocycles. The number of carbonyl (C=O) groups is 1. The summed E-state index contributed by atoms with van der Waals surface area (Å²) in [6.07, 6.45) is 3.67. The Hall–Kier alpha value is -2.27. The van der Waals surface area contributed by atoms with Crippen molar-refractivity contribution in [1.82, 2.24) is 10.3 Å². The number of ether oxygens (including phenoxy) is 1. The molecule has 1 aliphatic heterocycles. The van der Waals surface area contributed by atoms with Crippen LogP contribution in [0.2, 0.25) is 5.02 Å². The van der Waals surface area contributed by atoms with Gasteiger partial charge in [0.05, 0.1) is 0 Å². The first-order chi connectivity index (χ1) is 12.1. The maximum Gasteiger partial charge on any atom is 0.261 e. The molecule has 0 bridgehead atoms. The topological polar surface area (TPSA) is 54.5 Å². The first kappa shape index (κ1) is 17.5. The average molecular weight is 360 g/mol. The van der Waals surface area contributed by atoms with E-state index in [0.29, 0.717) is 17.3 Å². The Kier molecular flexibility index (Phi) is 5.76. The summed E-state index contributed by atoms with van der Waals surface area (Å²) in [5.41, 5.74) is 0.964. The number of rotatable bonds is 6. The monoisotopic (exact) mass is 359 g/mol. The maximum absolute atomic E-state index is 12.2. The van der Waals surface area contributed by atoms with Gasteiger partial charge in [0.25, 0.3) is 5.91 Å². The Balaban J connectivity index is 1.49. The van der Waals surface area contributed by atoms with E-state index in [9.17, 15) is 4.79 Å². The largest absolute Gasteiger partial charge is 0.481 e. The van der Waals surface area contributed by atoms with Crippen LogP contribution in [-0.2, 0) is 11.3 Å². The lowest BCUT2D eigenvalue weighted by molar-refractivity contribution is -0.127. The summed E-state index contributed by atoms with van der Waals surface area (Å²) in [4.78, 5) is 19.0. The number of nitrogens with zero attached hydrogens (tertiary/aromatic N) is 2. The van der Waals surface area contributed by atoms with Gasteiger partial charge in [-0.2, -0.15) is 0 Å². The lowest BCUT2D eigenvalue weighted by Crippen LogP contribution is -2.35. The summed E-state index contributed by atoms with van der Waals surface area (Å²) in [5, 5.41) is 3.45. The second-order valence-corrected chi connectivity index (χ2v) is 6.59. The Labute approximate surface area is 153 Å². The van der Waals surface area contributed by atoms with Crippen LogP contribution < -0.4 is 15.0 Å². The zero-order valence-corrected chi connectivity index (χ0v) is 15.0. The van der Waals surface area contributed by atoms with Crippen molar-refractivity contribution in [1.29, 1.82) is 0 Å². The van der Waals surface area contributed by atoms with Crippen molar-refractivity contribution < 1.29 is 9.53 Å². The molecule has 0 saturated carbocycles. The highest BCUT2D eigenvalue weighted by Crippen LogP contribution is 2.19. The van der Waals surface area contributed by atoms with Gasteiger partial charge in [0.1, 0.15) is 11.6 Å². The second kappa shape index (κ2) is 8.21. The molecule has 3 rings (SSSR count). The summed E-state index contributed by atoms with van der Waals surface area (Å²) >= 11 is 5.92. The molecular formula is C19H22ClN3O2. The number of halogens is 1. The molecule has 1 aliphatic rings. The van der Waals surface area contributed by atoms with Crippen LogP contribution >= 0.6 is 11.6 Å². The third-order valence-corrected chi connectivity index (χ3v) is 4.42. The van der Waals surface area contributed by atoms with E-state index >= 15 is 0 Å². The Morgan fingerprint density at radius 3 is 2.80 bits per heavy atom. The van der Waals surface area contributed by atoms with Crippen LogP contribution in [-0.4, -0.2) is 30.1 Å². The molecule has 1 amide bonds. The quantitative estimate of drug-likeness (QED) is 0.858. The van der Waals surface area contributed by atoms with Crippen molar-refractivity contribution >= 4 is 23.3 Å². The molecule has 25 heavy (non-hydrogen) atoms. The van der Waals surface area contributed by atoms with Crippen molar-refractivity contribution in [3.8, 4) is 5.75 Å². The molecular weight excluding hydrogens is 338 g/mol. The SMILES string of the molecule is CC(Oc1cccc(Cl)c1)C(=O)NCc1ccc(N2CCCC2)nc1. The van der Waals surface area contributed by atoms with E-state index in [0.717, 1.165) is 24.5 Å². The van der Waals surface area contributed by atoms with E-state index < -0.39 is 6.10 Å². The fraction of sp³-hybridized carbons (Fsp3) is 0.368. The van der Waals surface area contributed by atoms with Gasteiger partial charge >= 0.3 is 0 Å². The molecule has 5 nitrogen and oxygen atoms in total. The zero-order valence-electron chi connectivity index (χ0n) is 14.2. The predicted molar refractivity (Wildman–Crippen MR) is 99.1 cm³/mol. The molecule has 1 unspecified atom stereocenters. The summed E-state index contributed by atoms with van der Waals surface area (Å²) in [5.74, 6) is 1.40. The smallest absolute Gasteiger partial charge is 0.261 e. The van der Waals surface area contributed by atoms with Crippen LogP contribution in [0, 0.1) is 0 Å². The average Bonchev–Trinajstić information content (AvgIpc) is 3.14. The van der Waals surface area contributed by atoms with Crippen LogP contribution in [0.5, 0.6) is 5.75 Å². The standard InChI is InChI=1S/C19H22ClN3O2/c1-14(25-17-6-4-5-16(20)11-17)19(24)22-13-15-7-8-18(21-12-15)23-9-2-3-10-23/h4-8,11-12,14H,2-3,9-10,13H2,1H3,(H,22,24). The minimum absolute atomic E-state index is 0.177. The second-order valence-electron chi connectivity index (χ2n) is 6.15. The molecule has 1 fully saturated rings. The maximum atomic E-state index is 12.2. The van der Waals surface area contributed by atoms with E-state index in [4.69, 9.17) is 16.3 Å². The molecule has 1 aromatic heterocycles. The summed E-state index contributed by atoms with van der Waals surface area (Å²) in [7, 11) is 0. The van der Waals surface area contributed by atoms with Gasteiger partial charge in [-0.3, -0.25) is 4.79 Å². The van der Waals surface area contributed by atoms with Crippen molar-refractivity contribution in [2.24, 2.45) is 0 Å². The summed E-state index contributed by atoms with van der Waals surface area (Å²) in [6, 6.07) is 11.0. The van der Waals surface area contributed by atoms with Gasteiger partial charge < -0.3 is 15.0 Å². The minimum Gasteiger partial charge on any atom is -0.481 e. The van der Waals surface area contributed by atoms with Crippen LogP contribution in [0.3, 0.4) is 0 Å². The van der Waals surface area contributed by atoms with E-state index in [1.54, 1.807) is 31.2 Å². The number of carbonyl (C=O) groups excluding carboxylic acids is 1. The number of pyridine rings is 1. The first-order valence-electron chi connectivity index (χ1n) is 8.51. The highest BCUT2D eigenvalue weighted by atomic mass is 35.5. The number of anilines is 1. The zero-order chi connectivity index (χ0) is 17.6. The third-order valence-electron chi connectivity index (χ3n) is 4.18. The summed E-state index contributed by atoms with van der Waals surface area (Å²) in [6.45, 7) is 4.28. The Morgan fingerprint density at radius 2 is 2.12 bits per heavy atom. The lowest BCUT2D eigenvalue weighted by atomic mass is 10.2. The van der Waals surface area contributed by atoms with Crippen LogP contribution in [0.15, 0.2) is 42.6 Å². The first-order valence-corrected chi connectivity index (χ1v) is 8.89. The van der Waals surface area contributed by atoms with Gasteiger partial charge in [-0.1, -0.05) is 23.7 Å². The Bertz CT molecular complexity index is 715. The summed E-state index contributed by atoms with van der Waals surface area (Å²) < 4.78 is 5.61. The van der Waals surface area contributed by atoms with Crippen LogP contribution in [0.4, 0.5) is 5.82 Å². The fourth-order valence-corrected chi connectivity index (χ4v) is 2.97. The number of hydrogen-bond acceptors (Lipinski definition) is 4. The fourth-order valence-electron chi connectivity index (χ4n) is 2.79. The van der Waals surface area contributed by atoms with Crippen molar-refractivity contribution in [3.05, 3.63) is 53.2 Å².